The van der Waals surface area contributed by atoms with Gasteiger partial charge >= 0.3 is 0 Å². The van der Waals surface area contributed by atoms with Crippen molar-refractivity contribution >= 4 is 5.78 Å². The maximum absolute atomic E-state index is 12.6. The Morgan fingerprint density at radius 2 is 2.11 bits per heavy atom. The monoisotopic (exact) mass is 262 g/mol. The van der Waals surface area contributed by atoms with Gasteiger partial charge in [-0.2, -0.15) is 0 Å². The second-order valence-corrected chi connectivity index (χ2v) is 5.15. The average Bonchev–Trinajstić information content (AvgIpc) is 3.08. The molecule has 2 aliphatic rings. The average molecular weight is 262 g/mol. The molecule has 2 bridgehead atoms. The van der Waals surface area contributed by atoms with E-state index in [9.17, 15) is 4.79 Å². The highest BCUT2D eigenvalue weighted by molar-refractivity contribution is 6.01. The molecule has 1 aromatic carbocycles. The molecule has 2 heterocycles. The summed E-state index contributed by atoms with van der Waals surface area (Å²) in [5.41, 5.74) is 0.629. The second-order valence-electron chi connectivity index (χ2n) is 5.15. The van der Waals surface area contributed by atoms with E-state index >= 15 is 0 Å². The molecule has 0 N–H and O–H groups in total. The highest BCUT2D eigenvalue weighted by Gasteiger charge is 2.44. The Hall–Kier alpha value is -1.55. The lowest BCUT2D eigenvalue weighted by molar-refractivity contribution is 0.0741. The number of Topliss-reactive ketones (excluding diaryl/α,β-unsaturated/α-hetero) is 1. The number of carbonyl (C=O) groups excluding carboxylic acids is 1. The summed E-state index contributed by atoms with van der Waals surface area (Å²) in [6.45, 7) is 0. The van der Waals surface area contributed by atoms with Crippen molar-refractivity contribution in [1.29, 1.82) is 0 Å². The van der Waals surface area contributed by atoms with Crippen LogP contribution in [0.4, 0.5) is 0 Å². The number of rotatable bonds is 4. The molecule has 2 fully saturated rings. The molecule has 19 heavy (non-hydrogen) atoms. The van der Waals surface area contributed by atoms with Gasteiger partial charge in [-0.3, -0.25) is 4.79 Å². The van der Waals surface area contributed by atoms with Crippen molar-refractivity contribution in [2.24, 2.45) is 5.92 Å². The van der Waals surface area contributed by atoms with Crippen molar-refractivity contribution < 1.29 is 19.0 Å². The van der Waals surface area contributed by atoms with Crippen LogP contribution in [0.2, 0.25) is 0 Å². The van der Waals surface area contributed by atoms with Gasteiger partial charge in [0.15, 0.2) is 5.78 Å². The minimum absolute atomic E-state index is 0.0129. The lowest BCUT2D eigenvalue weighted by Gasteiger charge is -2.18. The Kier molecular flexibility index (Phi) is 3.19. The van der Waals surface area contributed by atoms with Gasteiger partial charge < -0.3 is 14.2 Å². The van der Waals surface area contributed by atoms with Crippen molar-refractivity contribution in [1.82, 2.24) is 0 Å². The fourth-order valence-corrected chi connectivity index (χ4v) is 3.12. The fourth-order valence-electron chi connectivity index (χ4n) is 3.12. The predicted octanol–water partition coefficient (Wildman–Crippen LogP) is 2.45. The zero-order valence-corrected chi connectivity index (χ0v) is 11.2. The molecule has 0 saturated carbocycles. The molecule has 4 heteroatoms. The van der Waals surface area contributed by atoms with Gasteiger partial charge in [0, 0.05) is 6.07 Å². The topological polar surface area (TPSA) is 44.8 Å². The number of fused-ring (bicyclic) bond motifs is 2. The predicted molar refractivity (Wildman–Crippen MR) is 69.9 cm³/mol. The van der Waals surface area contributed by atoms with E-state index in [2.05, 4.69) is 0 Å². The molecule has 2 aliphatic heterocycles. The number of hydrogen-bond donors (Lipinski definition) is 0. The summed E-state index contributed by atoms with van der Waals surface area (Å²) in [6, 6.07) is 5.33. The van der Waals surface area contributed by atoms with Gasteiger partial charge in [0.1, 0.15) is 11.5 Å². The van der Waals surface area contributed by atoms with Crippen LogP contribution in [0, 0.1) is 5.92 Å². The molecule has 4 nitrogen and oxygen atoms in total. The van der Waals surface area contributed by atoms with Gasteiger partial charge in [-0.15, -0.1) is 0 Å². The maximum atomic E-state index is 12.6. The molecule has 0 spiro atoms. The van der Waals surface area contributed by atoms with E-state index < -0.39 is 0 Å². The third-order valence-corrected chi connectivity index (χ3v) is 4.12. The van der Waals surface area contributed by atoms with E-state index in [0.717, 1.165) is 19.3 Å². The zero-order valence-electron chi connectivity index (χ0n) is 11.2. The van der Waals surface area contributed by atoms with Crippen LogP contribution in [-0.2, 0) is 4.74 Å². The molecular weight excluding hydrogens is 244 g/mol. The molecule has 3 atom stereocenters. The minimum atomic E-state index is -0.0129. The quantitative estimate of drug-likeness (QED) is 0.782. The summed E-state index contributed by atoms with van der Waals surface area (Å²) in [5.74, 6) is 1.39. The molecule has 102 valence electrons. The number of carbonyl (C=O) groups is 1. The van der Waals surface area contributed by atoms with E-state index in [0.29, 0.717) is 17.1 Å². The standard InChI is InChI=1S/C15H18O4/c1-17-9-3-5-11(14(8-9)18-2)15(16)12-7-10-4-6-13(12)19-10/h3,5,8,10,12-13H,4,6-7H2,1-2H3. The first kappa shape index (κ1) is 12.5. The number of ketones is 1. The van der Waals surface area contributed by atoms with E-state index in [1.54, 1.807) is 32.4 Å². The van der Waals surface area contributed by atoms with Crippen molar-refractivity contribution in [2.45, 2.75) is 31.5 Å². The smallest absolute Gasteiger partial charge is 0.172 e. The highest BCUT2D eigenvalue weighted by Crippen LogP contribution is 2.41. The van der Waals surface area contributed by atoms with Crippen LogP contribution in [0.1, 0.15) is 29.6 Å². The summed E-state index contributed by atoms with van der Waals surface area (Å²) < 4.78 is 16.2. The van der Waals surface area contributed by atoms with Crippen LogP contribution in [0.25, 0.3) is 0 Å². The van der Waals surface area contributed by atoms with Crippen molar-refractivity contribution in [3.05, 3.63) is 23.8 Å². The summed E-state index contributed by atoms with van der Waals surface area (Å²) in [6.07, 6.45) is 3.32. The van der Waals surface area contributed by atoms with Crippen LogP contribution in [0.5, 0.6) is 11.5 Å². The van der Waals surface area contributed by atoms with Gasteiger partial charge in [-0.25, -0.2) is 0 Å². The molecule has 0 radical (unpaired) electrons. The van der Waals surface area contributed by atoms with Crippen molar-refractivity contribution in [2.75, 3.05) is 14.2 Å². The first-order valence-electron chi connectivity index (χ1n) is 6.64. The van der Waals surface area contributed by atoms with Crippen LogP contribution < -0.4 is 9.47 Å². The Bertz CT molecular complexity index is 497. The molecule has 2 saturated heterocycles. The third-order valence-electron chi connectivity index (χ3n) is 4.12. The molecule has 3 rings (SSSR count). The third kappa shape index (κ3) is 2.10. The van der Waals surface area contributed by atoms with Gasteiger partial charge in [0.25, 0.3) is 0 Å². The number of methoxy groups -OCH3 is 2. The van der Waals surface area contributed by atoms with Gasteiger partial charge in [-0.1, -0.05) is 0 Å². The van der Waals surface area contributed by atoms with Gasteiger partial charge in [-0.05, 0) is 31.4 Å². The minimum Gasteiger partial charge on any atom is -0.497 e. The normalized spacial score (nSPS) is 28.4. The van der Waals surface area contributed by atoms with E-state index in [-0.39, 0.29) is 23.9 Å². The number of ether oxygens (including phenoxy) is 3. The van der Waals surface area contributed by atoms with Gasteiger partial charge in [0.05, 0.1) is 37.9 Å². The van der Waals surface area contributed by atoms with Crippen molar-refractivity contribution in [3.63, 3.8) is 0 Å². The summed E-state index contributed by atoms with van der Waals surface area (Å²) >= 11 is 0. The SMILES string of the molecule is COc1ccc(C(=O)C2CC3CCC2O3)c(OC)c1. The summed E-state index contributed by atoms with van der Waals surface area (Å²) in [4.78, 5) is 12.6. The summed E-state index contributed by atoms with van der Waals surface area (Å²) in [7, 11) is 3.17. The summed E-state index contributed by atoms with van der Waals surface area (Å²) in [5, 5.41) is 0. The molecule has 3 unspecified atom stereocenters. The van der Waals surface area contributed by atoms with Crippen LogP contribution in [-0.4, -0.2) is 32.2 Å². The van der Waals surface area contributed by atoms with Gasteiger partial charge in [0.2, 0.25) is 0 Å². The number of benzene rings is 1. The zero-order chi connectivity index (χ0) is 13.4. The lowest BCUT2D eigenvalue weighted by Crippen LogP contribution is -2.25. The highest BCUT2D eigenvalue weighted by atomic mass is 16.5. The Morgan fingerprint density at radius 3 is 2.68 bits per heavy atom. The van der Waals surface area contributed by atoms with Crippen molar-refractivity contribution in [3.8, 4) is 11.5 Å². The maximum Gasteiger partial charge on any atom is 0.172 e. The Balaban J connectivity index is 1.87. The van der Waals surface area contributed by atoms with Crippen LogP contribution in [0.15, 0.2) is 18.2 Å². The molecular formula is C15H18O4. The van der Waals surface area contributed by atoms with Crippen LogP contribution in [0.3, 0.4) is 0 Å². The first-order chi connectivity index (χ1) is 9.22. The van der Waals surface area contributed by atoms with E-state index in [4.69, 9.17) is 14.2 Å². The largest absolute Gasteiger partial charge is 0.497 e. The number of hydrogen-bond acceptors (Lipinski definition) is 4. The molecule has 0 aliphatic carbocycles. The molecule has 0 amide bonds. The molecule has 0 aromatic heterocycles. The van der Waals surface area contributed by atoms with E-state index in [1.807, 2.05) is 0 Å². The lowest BCUT2D eigenvalue weighted by atomic mass is 9.83. The second kappa shape index (κ2) is 4.85. The first-order valence-corrected chi connectivity index (χ1v) is 6.64. The Morgan fingerprint density at radius 1 is 1.26 bits per heavy atom. The molecule has 1 aromatic rings. The van der Waals surface area contributed by atoms with Crippen LogP contribution >= 0.6 is 0 Å². The fraction of sp³-hybridized carbons (Fsp3) is 0.533. The Labute approximate surface area is 112 Å². The van der Waals surface area contributed by atoms with E-state index in [1.165, 1.54) is 0 Å².